The number of nitrogens with zero attached hydrogens (tertiary/aromatic N) is 1. The first-order valence-electron chi connectivity index (χ1n) is 12.7. The fourth-order valence-corrected chi connectivity index (χ4v) is 5.28. The van der Waals surface area contributed by atoms with E-state index in [1.807, 2.05) is 26.0 Å². The summed E-state index contributed by atoms with van der Waals surface area (Å²) < 4.78 is 17.3. The van der Waals surface area contributed by atoms with Gasteiger partial charge >= 0.3 is 0 Å². The van der Waals surface area contributed by atoms with Crippen molar-refractivity contribution < 1.29 is 33.4 Å². The molecule has 0 bridgehead atoms. The number of hydrogen-bond acceptors (Lipinski definition) is 8. The summed E-state index contributed by atoms with van der Waals surface area (Å²) in [6.45, 7) is 3.18. The average Bonchev–Trinajstić information content (AvgIpc) is 3.23. The van der Waals surface area contributed by atoms with Crippen LogP contribution in [0.25, 0.3) is 6.08 Å². The van der Waals surface area contributed by atoms with E-state index in [-0.39, 0.29) is 17.4 Å². The molecule has 0 atom stereocenters. The van der Waals surface area contributed by atoms with Crippen LogP contribution in [-0.4, -0.2) is 55.2 Å². The normalized spacial score (nSPS) is 13.7. The van der Waals surface area contributed by atoms with Crippen LogP contribution in [0.3, 0.4) is 0 Å². The Morgan fingerprint density at radius 2 is 1.60 bits per heavy atom. The van der Waals surface area contributed by atoms with Crippen molar-refractivity contribution >= 4 is 68.1 Å². The Kier molecular flexibility index (Phi) is 9.92. The van der Waals surface area contributed by atoms with E-state index in [0.29, 0.717) is 34.2 Å². The number of para-hydroxylation sites is 2. The van der Waals surface area contributed by atoms with Gasteiger partial charge in [0.15, 0.2) is 18.1 Å². The molecule has 3 aromatic carbocycles. The summed E-state index contributed by atoms with van der Waals surface area (Å²) in [5.41, 5.74) is 3.66. The second-order valence-corrected chi connectivity index (χ2v) is 11.0. The fourth-order valence-electron chi connectivity index (χ4n) is 4.01. The van der Waals surface area contributed by atoms with Crippen LogP contribution >= 0.6 is 27.7 Å². The first kappa shape index (κ1) is 30.7. The van der Waals surface area contributed by atoms with Gasteiger partial charge in [0.05, 0.1) is 24.8 Å². The van der Waals surface area contributed by atoms with Gasteiger partial charge in [-0.25, -0.2) is 0 Å². The minimum atomic E-state index is -0.588. The quantitative estimate of drug-likeness (QED) is 0.264. The Balaban J connectivity index is 1.39. The van der Waals surface area contributed by atoms with E-state index in [4.69, 9.17) is 14.2 Å². The molecule has 0 unspecified atom stereocenters. The highest BCUT2D eigenvalue weighted by Gasteiger charge is 2.36. The highest BCUT2D eigenvalue weighted by Crippen LogP contribution is 2.35. The molecule has 0 saturated carbocycles. The molecule has 2 N–H and O–H groups in total. The van der Waals surface area contributed by atoms with E-state index in [2.05, 4.69) is 26.6 Å². The van der Waals surface area contributed by atoms with Crippen molar-refractivity contribution in [1.29, 1.82) is 0 Å². The molecule has 42 heavy (non-hydrogen) atoms. The van der Waals surface area contributed by atoms with Crippen LogP contribution in [0.4, 0.5) is 16.2 Å². The standard InChI is InChI=1S/C30H28BrN3O7S/c1-17-18(2)21(11-10-20(17)31)32-28(36)16-41-24-12-9-19(13-25(24)40-4)14-26-29(37)34(30(38)42-26)15-27(35)33-22-7-5-6-8-23(22)39-3/h5-14H,15-16H2,1-4H3,(H,32,36)(H,33,35)/b26-14+. The number of halogens is 1. The summed E-state index contributed by atoms with van der Waals surface area (Å²) in [5, 5.41) is 4.94. The molecular weight excluding hydrogens is 626 g/mol. The number of imide groups is 1. The van der Waals surface area contributed by atoms with Crippen LogP contribution in [-0.2, 0) is 14.4 Å². The van der Waals surface area contributed by atoms with Crippen molar-refractivity contribution in [3.63, 3.8) is 0 Å². The molecular formula is C30H28BrN3O7S. The molecule has 1 aliphatic heterocycles. The van der Waals surface area contributed by atoms with Gasteiger partial charge in [0, 0.05) is 10.2 Å². The van der Waals surface area contributed by atoms with Crippen LogP contribution in [0.5, 0.6) is 17.2 Å². The maximum Gasteiger partial charge on any atom is 0.294 e. The largest absolute Gasteiger partial charge is 0.495 e. The van der Waals surface area contributed by atoms with Gasteiger partial charge in [0.25, 0.3) is 17.1 Å². The fraction of sp³-hybridized carbons (Fsp3) is 0.200. The topological polar surface area (TPSA) is 123 Å². The average molecular weight is 655 g/mol. The van der Waals surface area contributed by atoms with Crippen LogP contribution in [0.2, 0.25) is 0 Å². The number of hydrogen-bond donors (Lipinski definition) is 2. The second-order valence-electron chi connectivity index (χ2n) is 9.11. The van der Waals surface area contributed by atoms with Crippen molar-refractivity contribution in [2.45, 2.75) is 13.8 Å². The van der Waals surface area contributed by atoms with Crippen molar-refractivity contribution in [2.24, 2.45) is 0 Å². The van der Waals surface area contributed by atoms with Gasteiger partial charge in [0.1, 0.15) is 12.3 Å². The molecule has 0 aliphatic carbocycles. The molecule has 10 nitrogen and oxygen atoms in total. The Labute approximate surface area is 255 Å². The van der Waals surface area contributed by atoms with Crippen LogP contribution in [0.15, 0.2) is 64.0 Å². The van der Waals surface area contributed by atoms with Crippen LogP contribution in [0, 0.1) is 13.8 Å². The predicted octanol–water partition coefficient (Wildman–Crippen LogP) is 5.78. The van der Waals surface area contributed by atoms with E-state index in [0.717, 1.165) is 32.3 Å². The van der Waals surface area contributed by atoms with Crippen LogP contribution in [0.1, 0.15) is 16.7 Å². The minimum Gasteiger partial charge on any atom is -0.495 e. The monoisotopic (exact) mass is 653 g/mol. The Bertz CT molecular complexity index is 1590. The number of carbonyl (C=O) groups is 4. The molecule has 4 amide bonds. The summed E-state index contributed by atoms with van der Waals surface area (Å²) in [6.07, 6.45) is 1.53. The second kappa shape index (κ2) is 13.6. The third-order valence-corrected chi connectivity index (χ3v) is 8.16. The van der Waals surface area contributed by atoms with Gasteiger partial charge in [-0.15, -0.1) is 0 Å². The molecule has 1 heterocycles. The highest BCUT2D eigenvalue weighted by molar-refractivity contribution is 9.10. The van der Waals surface area contributed by atoms with Crippen molar-refractivity contribution in [3.8, 4) is 17.2 Å². The molecule has 1 aliphatic rings. The number of thioether (sulfide) groups is 1. The van der Waals surface area contributed by atoms with Gasteiger partial charge < -0.3 is 24.8 Å². The lowest BCUT2D eigenvalue weighted by Gasteiger charge is -2.14. The number of amides is 4. The summed E-state index contributed by atoms with van der Waals surface area (Å²) in [4.78, 5) is 51.6. The first-order valence-corrected chi connectivity index (χ1v) is 14.3. The zero-order chi connectivity index (χ0) is 30.4. The predicted molar refractivity (Wildman–Crippen MR) is 165 cm³/mol. The number of nitrogens with one attached hydrogen (secondary N) is 2. The van der Waals surface area contributed by atoms with E-state index in [9.17, 15) is 19.2 Å². The maximum atomic E-state index is 13.0. The lowest BCUT2D eigenvalue weighted by Crippen LogP contribution is -2.36. The summed E-state index contributed by atoms with van der Waals surface area (Å²) in [5.74, 6) is -0.349. The SMILES string of the molecule is COc1ccccc1NC(=O)CN1C(=O)S/C(=C/c2ccc(OCC(=O)Nc3ccc(Br)c(C)c3C)c(OC)c2)C1=O. The van der Waals surface area contributed by atoms with Crippen molar-refractivity contribution in [3.05, 3.63) is 80.7 Å². The van der Waals surface area contributed by atoms with Gasteiger partial charge in [-0.2, -0.15) is 0 Å². The zero-order valence-corrected chi connectivity index (χ0v) is 25.7. The van der Waals surface area contributed by atoms with Crippen LogP contribution < -0.4 is 24.8 Å². The third kappa shape index (κ3) is 7.12. The van der Waals surface area contributed by atoms with E-state index >= 15 is 0 Å². The van der Waals surface area contributed by atoms with Gasteiger partial charge in [-0.3, -0.25) is 24.1 Å². The van der Waals surface area contributed by atoms with Crippen molar-refractivity contribution in [1.82, 2.24) is 4.90 Å². The highest BCUT2D eigenvalue weighted by atomic mass is 79.9. The van der Waals surface area contributed by atoms with Gasteiger partial charge in [-0.1, -0.05) is 34.1 Å². The van der Waals surface area contributed by atoms with E-state index < -0.39 is 23.6 Å². The third-order valence-electron chi connectivity index (χ3n) is 6.40. The molecule has 1 saturated heterocycles. The zero-order valence-electron chi connectivity index (χ0n) is 23.3. The number of carbonyl (C=O) groups excluding carboxylic acids is 4. The maximum absolute atomic E-state index is 13.0. The Morgan fingerprint density at radius 1 is 0.881 bits per heavy atom. The number of anilines is 2. The van der Waals surface area contributed by atoms with E-state index in [1.54, 1.807) is 42.5 Å². The van der Waals surface area contributed by atoms with Gasteiger partial charge in [0.2, 0.25) is 5.91 Å². The lowest BCUT2D eigenvalue weighted by molar-refractivity contribution is -0.127. The smallest absolute Gasteiger partial charge is 0.294 e. The molecule has 3 aromatic rings. The summed E-state index contributed by atoms with van der Waals surface area (Å²) in [7, 11) is 2.93. The molecule has 0 spiro atoms. The molecule has 0 aromatic heterocycles. The minimum absolute atomic E-state index is 0.153. The lowest BCUT2D eigenvalue weighted by atomic mass is 10.1. The molecule has 218 valence electrons. The summed E-state index contributed by atoms with van der Waals surface area (Å²) >= 11 is 4.21. The molecule has 4 rings (SSSR count). The number of benzene rings is 3. The number of rotatable bonds is 10. The first-order chi connectivity index (χ1) is 20.1. The number of methoxy groups -OCH3 is 2. The molecule has 12 heteroatoms. The summed E-state index contributed by atoms with van der Waals surface area (Å²) in [6, 6.07) is 15.4. The Hall–Kier alpha value is -4.29. The van der Waals surface area contributed by atoms with Crippen molar-refractivity contribution in [2.75, 3.05) is 38.0 Å². The molecule has 0 radical (unpaired) electrons. The number of ether oxygens (including phenoxy) is 3. The molecule has 1 fully saturated rings. The Morgan fingerprint density at radius 3 is 2.33 bits per heavy atom. The van der Waals surface area contributed by atoms with E-state index in [1.165, 1.54) is 20.3 Å². The van der Waals surface area contributed by atoms with Gasteiger partial charge in [-0.05, 0) is 84.8 Å².